The molecule has 0 aliphatic heterocycles. The molecule has 0 radical (unpaired) electrons. The minimum Gasteiger partial charge on any atom is -0.465 e. The van der Waals surface area contributed by atoms with Crippen LogP contribution in [0.15, 0.2) is 18.3 Å². The monoisotopic (exact) mass is 235 g/mol. The Morgan fingerprint density at radius 2 is 2.41 bits per heavy atom. The van der Waals surface area contributed by atoms with Gasteiger partial charge in [0.25, 0.3) is 0 Å². The lowest BCUT2D eigenvalue weighted by Gasteiger charge is -1.99. The van der Waals surface area contributed by atoms with Crippen LogP contribution in [0.25, 0.3) is 5.65 Å². The molecule has 2 aromatic rings. The first-order valence-electron chi connectivity index (χ1n) is 5.29. The Balaban J connectivity index is 2.42. The fraction of sp³-hybridized carbons (Fsp3) is 0.364. The predicted octanol–water partition coefficient (Wildman–Crippen LogP) is 0.441. The van der Waals surface area contributed by atoms with Crippen molar-refractivity contribution in [3.8, 4) is 0 Å². The van der Waals surface area contributed by atoms with Crippen LogP contribution in [-0.4, -0.2) is 39.4 Å². The van der Waals surface area contributed by atoms with Crippen LogP contribution in [0.3, 0.4) is 0 Å². The summed E-state index contributed by atoms with van der Waals surface area (Å²) >= 11 is 0. The van der Waals surface area contributed by atoms with E-state index in [4.69, 9.17) is 5.11 Å². The average molecular weight is 235 g/mol. The van der Waals surface area contributed by atoms with E-state index >= 15 is 0 Å². The highest BCUT2D eigenvalue weighted by Crippen LogP contribution is 2.10. The quantitative estimate of drug-likeness (QED) is 0.778. The molecule has 90 valence electrons. The highest BCUT2D eigenvalue weighted by molar-refractivity contribution is 5.95. The third kappa shape index (κ3) is 2.26. The fourth-order valence-corrected chi connectivity index (χ4v) is 1.56. The predicted molar refractivity (Wildman–Crippen MR) is 59.7 cm³/mol. The van der Waals surface area contributed by atoms with Crippen LogP contribution in [0.5, 0.6) is 0 Å². The molecule has 0 saturated heterocycles. The maximum atomic E-state index is 11.5. The Hall–Kier alpha value is -1.95. The van der Waals surface area contributed by atoms with Crippen LogP contribution < -0.4 is 0 Å². The first-order chi connectivity index (χ1) is 8.26. The number of pyridine rings is 1. The Bertz CT molecular complexity index is 536. The van der Waals surface area contributed by atoms with Crippen LogP contribution in [0.2, 0.25) is 0 Å². The maximum Gasteiger partial charge on any atom is 0.341 e. The second-order valence-electron chi connectivity index (χ2n) is 3.54. The van der Waals surface area contributed by atoms with E-state index in [0.717, 1.165) is 0 Å². The molecule has 6 heteroatoms. The zero-order valence-corrected chi connectivity index (χ0v) is 9.46. The third-order valence-electron chi connectivity index (χ3n) is 2.37. The van der Waals surface area contributed by atoms with Crippen LogP contribution in [0.4, 0.5) is 0 Å². The van der Waals surface area contributed by atoms with Crippen molar-refractivity contribution in [2.24, 2.45) is 0 Å². The first-order valence-corrected chi connectivity index (χ1v) is 5.29. The van der Waals surface area contributed by atoms with E-state index in [1.807, 2.05) is 0 Å². The van der Waals surface area contributed by atoms with Gasteiger partial charge in [-0.25, -0.2) is 14.3 Å². The molecule has 0 fully saturated rings. The number of aromatic nitrogens is 3. The summed E-state index contributed by atoms with van der Waals surface area (Å²) < 4.78 is 6.22. The van der Waals surface area contributed by atoms with Crippen molar-refractivity contribution in [3.05, 3.63) is 29.7 Å². The van der Waals surface area contributed by atoms with Gasteiger partial charge in [-0.05, 0) is 18.6 Å². The topological polar surface area (TPSA) is 76.7 Å². The third-order valence-corrected chi connectivity index (χ3v) is 2.37. The molecule has 0 amide bonds. The largest absolute Gasteiger partial charge is 0.465 e. The molecule has 0 aliphatic rings. The van der Waals surface area contributed by atoms with Gasteiger partial charge in [0.15, 0.2) is 11.5 Å². The lowest BCUT2D eigenvalue weighted by atomic mass is 10.3. The maximum absolute atomic E-state index is 11.5. The lowest BCUT2D eigenvalue weighted by Crippen LogP contribution is -2.04. The molecule has 1 N–H and O–H groups in total. The van der Waals surface area contributed by atoms with E-state index in [1.54, 1.807) is 22.8 Å². The standard InChI is InChI=1S/C11H13N3O3/c1-17-11(16)8-4-2-6-14-10(8)12-9(13-14)5-3-7-15/h2,4,6,15H,3,5,7H2,1H3. The van der Waals surface area contributed by atoms with Gasteiger partial charge in [-0.2, -0.15) is 5.10 Å². The zero-order valence-electron chi connectivity index (χ0n) is 9.46. The molecule has 0 saturated carbocycles. The van der Waals surface area contributed by atoms with Gasteiger partial charge >= 0.3 is 5.97 Å². The van der Waals surface area contributed by atoms with Crippen molar-refractivity contribution in [1.29, 1.82) is 0 Å². The number of fused-ring (bicyclic) bond motifs is 1. The summed E-state index contributed by atoms with van der Waals surface area (Å²) in [5, 5.41) is 13.0. The molecule has 2 aromatic heterocycles. The minimum absolute atomic E-state index is 0.0966. The van der Waals surface area contributed by atoms with Gasteiger partial charge in [0, 0.05) is 19.2 Å². The van der Waals surface area contributed by atoms with Gasteiger partial charge in [-0.3, -0.25) is 0 Å². The van der Waals surface area contributed by atoms with Gasteiger partial charge in [-0.15, -0.1) is 0 Å². The molecule has 0 aliphatic carbocycles. The van der Waals surface area contributed by atoms with E-state index in [2.05, 4.69) is 14.8 Å². The van der Waals surface area contributed by atoms with Crippen molar-refractivity contribution in [3.63, 3.8) is 0 Å². The molecule has 2 heterocycles. The van der Waals surface area contributed by atoms with E-state index < -0.39 is 5.97 Å². The number of ether oxygens (including phenoxy) is 1. The van der Waals surface area contributed by atoms with Crippen molar-refractivity contribution in [2.75, 3.05) is 13.7 Å². The Morgan fingerprint density at radius 3 is 3.12 bits per heavy atom. The van der Waals surface area contributed by atoms with Gasteiger partial charge in [0.2, 0.25) is 0 Å². The normalized spacial score (nSPS) is 10.7. The van der Waals surface area contributed by atoms with Crippen molar-refractivity contribution < 1.29 is 14.6 Å². The van der Waals surface area contributed by atoms with Crippen LogP contribution in [0, 0.1) is 0 Å². The fourth-order valence-electron chi connectivity index (χ4n) is 1.56. The summed E-state index contributed by atoms with van der Waals surface area (Å²) in [5.74, 6) is 0.173. The summed E-state index contributed by atoms with van der Waals surface area (Å²) in [5.41, 5.74) is 0.866. The first kappa shape index (κ1) is 11.5. The van der Waals surface area contributed by atoms with Crippen molar-refractivity contribution in [1.82, 2.24) is 14.6 Å². The van der Waals surface area contributed by atoms with Gasteiger partial charge in [0.05, 0.1) is 7.11 Å². The summed E-state index contributed by atoms with van der Waals surface area (Å²) in [6.07, 6.45) is 2.90. The molecule has 0 bridgehead atoms. The smallest absolute Gasteiger partial charge is 0.341 e. The highest BCUT2D eigenvalue weighted by atomic mass is 16.5. The Kier molecular flexibility index (Phi) is 3.34. The number of aryl methyl sites for hydroxylation is 1. The average Bonchev–Trinajstić information content (AvgIpc) is 2.77. The van der Waals surface area contributed by atoms with Crippen molar-refractivity contribution in [2.45, 2.75) is 12.8 Å². The second-order valence-corrected chi connectivity index (χ2v) is 3.54. The van der Waals surface area contributed by atoms with Crippen LogP contribution >= 0.6 is 0 Å². The molecule has 0 unspecified atom stereocenters. The lowest BCUT2D eigenvalue weighted by molar-refractivity contribution is 0.0602. The molecular weight excluding hydrogens is 222 g/mol. The molecule has 0 spiro atoms. The van der Waals surface area contributed by atoms with E-state index in [1.165, 1.54) is 7.11 Å². The number of methoxy groups -OCH3 is 1. The van der Waals surface area contributed by atoms with Gasteiger partial charge in [0.1, 0.15) is 5.56 Å². The summed E-state index contributed by atoms with van der Waals surface area (Å²) in [6.45, 7) is 0.0966. The number of aliphatic hydroxyl groups is 1. The van der Waals surface area contributed by atoms with Crippen LogP contribution in [0.1, 0.15) is 22.6 Å². The molecule has 2 rings (SSSR count). The molecular formula is C11H13N3O3. The van der Waals surface area contributed by atoms with Crippen molar-refractivity contribution >= 4 is 11.6 Å². The molecule has 0 aromatic carbocycles. The summed E-state index contributed by atoms with van der Waals surface area (Å²) in [7, 11) is 1.33. The number of carbonyl (C=O) groups excluding carboxylic acids is 1. The molecule has 0 atom stereocenters. The number of esters is 1. The number of hydrogen-bond acceptors (Lipinski definition) is 5. The zero-order chi connectivity index (χ0) is 12.3. The highest BCUT2D eigenvalue weighted by Gasteiger charge is 2.13. The number of carbonyl (C=O) groups is 1. The minimum atomic E-state index is -0.434. The van der Waals surface area contributed by atoms with Crippen LogP contribution in [-0.2, 0) is 11.2 Å². The van der Waals surface area contributed by atoms with E-state index in [-0.39, 0.29) is 6.61 Å². The summed E-state index contributed by atoms with van der Waals surface area (Å²) in [6, 6.07) is 3.36. The summed E-state index contributed by atoms with van der Waals surface area (Å²) in [4.78, 5) is 15.8. The Labute approximate surface area is 97.9 Å². The number of aliphatic hydroxyl groups excluding tert-OH is 1. The molecule has 6 nitrogen and oxygen atoms in total. The second kappa shape index (κ2) is 4.92. The number of hydrogen-bond donors (Lipinski definition) is 1. The number of rotatable bonds is 4. The van der Waals surface area contributed by atoms with Gasteiger partial charge in [-0.1, -0.05) is 0 Å². The number of nitrogens with zero attached hydrogens (tertiary/aromatic N) is 3. The van der Waals surface area contributed by atoms with Gasteiger partial charge < -0.3 is 9.84 Å². The Morgan fingerprint density at radius 1 is 1.59 bits per heavy atom. The molecule has 17 heavy (non-hydrogen) atoms. The SMILES string of the molecule is COC(=O)c1cccn2nc(CCCO)nc12. The van der Waals surface area contributed by atoms with E-state index in [0.29, 0.717) is 29.9 Å². The van der Waals surface area contributed by atoms with E-state index in [9.17, 15) is 4.79 Å².